The van der Waals surface area contributed by atoms with Crippen molar-refractivity contribution in [3.8, 4) is 22.3 Å². The molecule has 2 aliphatic carbocycles. The van der Waals surface area contributed by atoms with E-state index in [9.17, 15) is 22.0 Å². The SMILES string of the molecule is CCCCCc1cc2c(c(F)c1F)-c1c-2ccc(C2CCC(CCCC(F)(F)F)CC2)c1F. The lowest BCUT2D eigenvalue weighted by atomic mass is 9.73. The lowest BCUT2D eigenvalue weighted by Crippen LogP contribution is -2.17. The van der Waals surface area contributed by atoms with E-state index in [1.165, 1.54) is 0 Å². The normalized spacial score (nSPS) is 19.7. The molecule has 0 aromatic heterocycles. The van der Waals surface area contributed by atoms with Crippen molar-refractivity contribution in [3.63, 3.8) is 0 Å². The van der Waals surface area contributed by atoms with Crippen molar-refractivity contribution in [3.05, 3.63) is 46.8 Å². The van der Waals surface area contributed by atoms with Crippen molar-refractivity contribution in [1.29, 1.82) is 0 Å². The predicted molar refractivity (Wildman–Crippen MR) is 119 cm³/mol. The van der Waals surface area contributed by atoms with Crippen LogP contribution in [0.15, 0.2) is 18.2 Å². The summed E-state index contributed by atoms with van der Waals surface area (Å²) in [5.74, 6) is -2.12. The Labute approximate surface area is 191 Å². The van der Waals surface area contributed by atoms with Crippen molar-refractivity contribution >= 4 is 0 Å². The van der Waals surface area contributed by atoms with Crippen LogP contribution in [0.5, 0.6) is 0 Å². The second-order valence-corrected chi connectivity index (χ2v) is 9.66. The molecule has 0 bridgehead atoms. The van der Waals surface area contributed by atoms with E-state index in [0.717, 1.165) is 32.1 Å². The van der Waals surface area contributed by atoms with Gasteiger partial charge in [0.15, 0.2) is 11.6 Å². The van der Waals surface area contributed by atoms with Crippen LogP contribution in [0.4, 0.5) is 26.3 Å². The zero-order valence-electron chi connectivity index (χ0n) is 18.9. The molecule has 0 spiro atoms. The molecule has 0 aliphatic heterocycles. The average molecular weight is 469 g/mol. The van der Waals surface area contributed by atoms with Gasteiger partial charge in [0.1, 0.15) is 5.82 Å². The van der Waals surface area contributed by atoms with Gasteiger partial charge >= 0.3 is 6.18 Å². The van der Waals surface area contributed by atoms with Crippen LogP contribution in [0, 0.1) is 23.4 Å². The van der Waals surface area contributed by atoms with Crippen LogP contribution in [-0.2, 0) is 6.42 Å². The number of alkyl halides is 3. The van der Waals surface area contributed by atoms with Crippen molar-refractivity contribution in [2.24, 2.45) is 5.92 Å². The minimum atomic E-state index is -4.12. The standard InChI is InChI=1S/C27H30F6/c1-2-3-4-7-18-15-21-20-13-12-19(25(29)22(20)23(21)26(30)24(18)28)17-10-8-16(9-11-17)6-5-14-27(31,32)33/h12-13,15-17H,2-11,14H2,1H3. The monoisotopic (exact) mass is 468 g/mol. The lowest BCUT2D eigenvalue weighted by Gasteiger charge is -2.32. The van der Waals surface area contributed by atoms with Gasteiger partial charge in [0.25, 0.3) is 0 Å². The molecule has 0 saturated heterocycles. The first kappa shape index (κ1) is 24.2. The maximum absolute atomic E-state index is 15.5. The summed E-state index contributed by atoms with van der Waals surface area (Å²) in [5, 5.41) is 0. The van der Waals surface area contributed by atoms with Crippen LogP contribution in [-0.4, -0.2) is 6.18 Å². The Morgan fingerprint density at radius 1 is 0.818 bits per heavy atom. The zero-order chi connectivity index (χ0) is 23.8. The fraction of sp³-hybridized carbons (Fsp3) is 0.556. The third kappa shape index (κ3) is 4.95. The van der Waals surface area contributed by atoms with E-state index in [1.807, 2.05) is 6.92 Å². The minimum Gasteiger partial charge on any atom is -0.206 e. The molecule has 0 nitrogen and oxygen atoms in total. The van der Waals surface area contributed by atoms with Gasteiger partial charge in [0.05, 0.1) is 0 Å². The summed E-state index contributed by atoms with van der Waals surface area (Å²) >= 11 is 0. The number of fused-ring (bicyclic) bond motifs is 4. The maximum Gasteiger partial charge on any atom is 0.389 e. The molecular weight excluding hydrogens is 438 g/mol. The molecular formula is C27H30F6. The summed E-state index contributed by atoms with van der Waals surface area (Å²) < 4.78 is 82.1. The average Bonchev–Trinajstić information content (AvgIpc) is 2.75. The van der Waals surface area contributed by atoms with Crippen molar-refractivity contribution < 1.29 is 26.3 Å². The number of rotatable bonds is 8. The predicted octanol–water partition coefficient (Wildman–Crippen LogP) is 9.49. The van der Waals surface area contributed by atoms with Gasteiger partial charge in [-0.1, -0.05) is 38.3 Å². The molecule has 0 atom stereocenters. The Hall–Kier alpha value is -1.98. The Kier molecular flexibility index (Phi) is 7.11. The molecule has 33 heavy (non-hydrogen) atoms. The Morgan fingerprint density at radius 3 is 2.18 bits per heavy atom. The van der Waals surface area contributed by atoms with Gasteiger partial charge in [0.2, 0.25) is 0 Å². The van der Waals surface area contributed by atoms with E-state index in [0.29, 0.717) is 47.9 Å². The molecule has 2 aromatic carbocycles. The number of benzene rings is 2. The Balaban J connectivity index is 1.46. The first-order valence-corrected chi connectivity index (χ1v) is 12.1. The highest BCUT2D eigenvalue weighted by Gasteiger charge is 2.35. The van der Waals surface area contributed by atoms with Gasteiger partial charge in [0, 0.05) is 17.5 Å². The Morgan fingerprint density at radius 2 is 1.52 bits per heavy atom. The summed E-state index contributed by atoms with van der Waals surface area (Å²) in [7, 11) is 0. The van der Waals surface area contributed by atoms with Crippen LogP contribution >= 0.6 is 0 Å². The van der Waals surface area contributed by atoms with Gasteiger partial charge in [-0.15, -0.1) is 0 Å². The van der Waals surface area contributed by atoms with E-state index in [1.54, 1.807) is 18.2 Å². The molecule has 0 amide bonds. The highest BCUT2D eigenvalue weighted by molar-refractivity contribution is 6.03. The smallest absolute Gasteiger partial charge is 0.206 e. The molecule has 0 radical (unpaired) electrons. The van der Waals surface area contributed by atoms with E-state index >= 15 is 4.39 Å². The van der Waals surface area contributed by atoms with Crippen LogP contribution in [0.25, 0.3) is 22.3 Å². The van der Waals surface area contributed by atoms with Crippen LogP contribution in [0.3, 0.4) is 0 Å². The number of hydrogen-bond acceptors (Lipinski definition) is 0. The third-order valence-corrected chi connectivity index (χ3v) is 7.40. The highest BCUT2D eigenvalue weighted by atomic mass is 19.4. The first-order valence-electron chi connectivity index (χ1n) is 12.1. The third-order valence-electron chi connectivity index (χ3n) is 7.40. The lowest BCUT2D eigenvalue weighted by molar-refractivity contribution is -0.136. The molecule has 0 N–H and O–H groups in total. The summed E-state index contributed by atoms with van der Waals surface area (Å²) in [6, 6.07) is 5.22. The fourth-order valence-corrected chi connectivity index (χ4v) is 5.55. The molecule has 4 rings (SSSR count). The van der Waals surface area contributed by atoms with Crippen molar-refractivity contribution in [1.82, 2.24) is 0 Å². The van der Waals surface area contributed by atoms with Crippen LogP contribution < -0.4 is 0 Å². The number of aryl methyl sites for hydroxylation is 1. The molecule has 1 saturated carbocycles. The quantitative estimate of drug-likeness (QED) is 0.228. The number of hydrogen-bond donors (Lipinski definition) is 0. The van der Waals surface area contributed by atoms with Gasteiger partial charge < -0.3 is 0 Å². The Bertz CT molecular complexity index is 999. The molecule has 180 valence electrons. The van der Waals surface area contributed by atoms with Gasteiger partial charge in [-0.25, -0.2) is 13.2 Å². The molecule has 2 aromatic rings. The molecule has 0 unspecified atom stereocenters. The van der Waals surface area contributed by atoms with Crippen molar-refractivity contribution in [2.45, 2.75) is 89.6 Å². The summed E-state index contributed by atoms with van der Waals surface area (Å²) in [5.41, 5.74) is 2.28. The highest BCUT2D eigenvalue weighted by Crippen LogP contribution is 2.53. The van der Waals surface area contributed by atoms with E-state index in [4.69, 9.17) is 0 Å². The van der Waals surface area contributed by atoms with E-state index in [2.05, 4.69) is 0 Å². The first-order chi connectivity index (χ1) is 15.7. The summed E-state index contributed by atoms with van der Waals surface area (Å²) in [6.07, 6.45) is 1.90. The van der Waals surface area contributed by atoms with Gasteiger partial charge in [-0.3, -0.25) is 0 Å². The maximum atomic E-state index is 15.5. The van der Waals surface area contributed by atoms with Crippen LogP contribution in [0.2, 0.25) is 0 Å². The van der Waals surface area contributed by atoms with Gasteiger partial charge in [-0.05, 0) is 85.1 Å². The van der Waals surface area contributed by atoms with E-state index < -0.39 is 30.0 Å². The molecule has 1 fully saturated rings. The minimum absolute atomic E-state index is 0.0422. The van der Waals surface area contributed by atoms with Gasteiger partial charge in [-0.2, -0.15) is 13.2 Å². The van der Waals surface area contributed by atoms with E-state index in [-0.39, 0.29) is 29.4 Å². The second-order valence-electron chi connectivity index (χ2n) is 9.66. The molecule has 2 aliphatic rings. The fourth-order valence-electron chi connectivity index (χ4n) is 5.55. The number of halogens is 6. The zero-order valence-corrected chi connectivity index (χ0v) is 18.9. The second kappa shape index (κ2) is 9.71. The molecule has 0 heterocycles. The largest absolute Gasteiger partial charge is 0.389 e. The van der Waals surface area contributed by atoms with Crippen molar-refractivity contribution in [2.75, 3.05) is 0 Å². The summed E-state index contributed by atoms with van der Waals surface area (Å²) in [4.78, 5) is 0. The summed E-state index contributed by atoms with van der Waals surface area (Å²) in [6.45, 7) is 2.05. The van der Waals surface area contributed by atoms with Crippen LogP contribution in [0.1, 0.15) is 88.2 Å². The number of unbranched alkanes of at least 4 members (excludes halogenated alkanes) is 2. The topological polar surface area (TPSA) is 0 Å². The molecule has 6 heteroatoms.